The quantitative estimate of drug-likeness (QED) is 0.459. The van der Waals surface area contributed by atoms with E-state index in [2.05, 4.69) is 37.6 Å². The van der Waals surface area contributed by atoms with Crippen LogP contribution in [0.4, 0.5) is 5.82 Å². The Morgan fingerprint density at radius 2 is 2.28 bits per heavy atom. The Morgan fingerprint density at radius 1 is 1.41 bits per heavy atom. The predicted octanol–water partition coefficient (Wildman–Crippen LogP) is 2.63. The normalized spacial score (nSPS) is 20.8. The number of hydrogen-bond acceptors (Lipinski definition) is 8. The summed E-state index contributed by atoms with van der Waals surface area (Å²) in [5.74, 6) is 0.677. The average Bonchev–Trinajstić information content (AvgIpc) is 3.21. The molecule has 2 bridgehead atoms. The number of nitrogens with zero attached hydrogens (tertiary/aromatic N) is 6. The molecule has 2 aromatic rings. The third-order valence-corrected chi connectivity index (χ3v) is 4.33. The van der Waals surface area contributed by atoms with Gasteiger partial charge in [0.1, 0.15) is 17.8 Å². The van der Waals surface area contributed by atoms with Gasteiger partial charge < -0.3 is 20.0 Å². The van der Waals surface area contributed by atoms with Gasteiger partial charge in [0, 0.05) is 12.3 Å². The largest absolute Gasteiger partial charge is 0.476 e. The Kier molecular flexibility index (Phi) is 6.56. The maximum Gasteiger partial charge on any atom is 0.262 e. The number of ether oxygens (including phenoxy) is 1. The Hall–Kier alpha value is -3.69. The number of hydrogen-bond donors (Lipinski definition) is 2. The molecule has 0 spiro atoms. The molecule has 0 fully saturated rings. The van der Waals surface area contributed by atoms with Crippen molar-refractivity contribution in [1.29, 1.82) is 5.41 Å². The van der Waals surface area contributed by atoms with Crippen LogP contribution < -0.4 is 5.32 Å². The van der Waals surface area contributed by atoms with Crippen molar-refractivity contribution in [2.24, 2.45) is 10.2 Å². The second-order valence-corrected chi connectivity index (χ2v) is 6.30. The van der Waals surface area contributed by atoms with Crippen LogP contribution in [0.25, 0.3) is 11.5 Å². The summed E-state index contributed by atoms with van der Waals surface area (Å²) in [7, 11) is 0. The lowest BCUT2D eigenvalue weighted by atomic mass is 10.1. The molecule has 3 heterocycles. The van der Waals surface area contributed by atoms with Gasteiger partial charge in [-0.3, -0.25) is 4.79 Å². The van der Waals surface area contributed by atoms with Gasteiger partial charge >= 0.3 is 0 Å². The highest BCUT2D eigenvalue weighted by Crippen LogP contribution is 2.23. The molecule has 0 aliphatic carbocycles. The standard InChI is InChI=1S/C19H22N8O2/c1-3-14-18(28)24-16-8-4-7-15(23-16)17-25-22-12-27(17)13(2)6-5-11-29-19(14)26-21-10-9-20/h3-4,7-10,12-13,20H,5-6,11H2,1-2H3,(H,23,24,28)/b14-3-,20-9?,21-10-,26-19+/t13-/m0/s1. The smallest absolute Gasteiger partial charge is 0.262 e. The fraction of sp³-hybridized carbons (Fsp3) is 0.316. The number of rotatable bonds is 2. The molecule has 1 aliphatic heterocycles. The van der Waals surface area contributed by atoms with Crippen LogP contribution in [-0.2, 0) is 9.53 Å². The van der Waals surface area contributed by atoms with Gasteiger partial charge in [-0.15, -0.1) is 15.3 Å². The molecule has 1 amide bonds. The van der Waals surface area contributed by atoms with Gasteiger partial charge in [-0.1, -0.05) is 12.1 Å². The Morgan fingerprint density at radius 3 is 3.07 bits per heavy atom. The van der Waals surface area contributed by atoms with Crippen molar-refractivity contribution in [2.45, 2.75) is 32.7 Å². The number of pyridine rings is 1. The van der Waals surface area contributed by atoms with Crippen molar-refractivity contribution in [1.82, 2.24) is 19.7 Å². The molecule has 2 aromatic heterocycles. The van der Waals surface area contributed by atoms with Crippen molar-refractivity contribution in [2.75, 3.05) is 11.9 Å². The van der Waals surface area contributed by atoms with E-state index in [0.717, 1.165) is 19.1 Å². The van der Waals surface area contributed by atoms with E-state index in [9.17, 15) is 4.79 Å². The highest BCUT2D eigenvalue weighted by Gasteiger charge is 2.20. The summed E-state index contributed by atoms with van der Waals surface area (Å²) < 4.78 is 7.71. The molecule has 10 nitrogen and oxygen atoms in total. The van der Waals surface area contributed by atoms with E-state index in [4.69, 9.17) is 10.1 Å². The van der Waals surface area contributed by atoms with Crippen LogP contribution in [0, 0.1) is 5.41 Å². The molecule has 0 unspecified atom stereocenters. The number of anilines is 1. The summed E-state index contributed by atoms with van der Waals surface area (Å²) in [6, 6.07) is 5.44. The zero-order valence-corrected chi connectivity index (χ0v) is 16.2. The number of carbonyl (C=O) groups is 1. The van der Waals surface area contributed by atoms with E-state index in [1.165, 1.54) is 6.21 Å². The molecular weight excluding hydrogens is 372 g/mol. The summed E-state index contributed by atoms with van der Waals surface area (Å²) in [4.78, 5) is 17.3. The molecule has 1 atom stereocenters. The molecule has 3 rings (SSSR count). The number of allylic oxidation sites excluding steroid dienone is 1. The Balaban J connectivity index is 2.01. The van der Waals surface area contributed by atoms with Crippen LogP contribution in [0.2, 0.25) is 0 Å². The van der Waals surface area contributed by atoms with E-state index >= 15 is 0 Å². The molecule has 1 aliphatic rings. The Bertz CT molecular complexity index is 976. The van der Waals surface area contributed by atoms with E-state index < -0.39 is 5.91 Å². The fourth-order valence-corrected chi connectivity index (χ4v) is 2.88. The molecule has 0 saturated heterocycles. The van der Waals surface area contributed by atoms with Gasteiger partial charge in [-0.05, 0) is 38.8 Å². The highest BCUT2D eigenvalue weighted by atomic mass is 16.5. The van der Waals surface area contributed by atoms with Gasteiger partial charge in [-0.2, -0.15) is 5.10 Å². The summed E-state index contributed by atoms with van der Waals surface area (Å²) in [6.45, 7) is 4.14. The van der Waals surface area contributed by atoms with Crippen LogP contribution in [0.5, 0.6) is 0 Å². The van der Waals surface area contributed by atoms with Crippen molar-refractivity contribution in [3.63, 3.8) is 0 Å². The first-order valence-corrected chi connectivity index (χ1v) is 9.22. The number of carbonyl (C=O) groups excluding carboxylic acids is 1. The lowest BCUT2D eigenvalue weighted by molar-refractivity contribution is -0.112. The molecule has 29 heavy (non-hydrogen) atoms. The fourth-order valence-electron chi connectivity index (χ4n) is 2.88. The first kappa shape index (κ1) is 20.1. The summed E-state index contributed by atoms with van der Waals surface area (Å²) in [6.07, 6.45) is 7.00. The van der Waals surface area contributed by atoms with Crippen molar-refractivity contribution < 1.29 is 9.53 Å². The van der Waals surface area contributed by atoms with Crippen molar-refractivity contribution in [3.8, 4) is 11.5 Å². The van der Waals surface area contributed by atoms with Crippen molar-refractivity contribution >= 4 is 30.1 Å². The lowest BCUT2D eigenvalue weighted by Crippen LogP contribution is -2.23. The SMILES string of the molecule is C/C=C1/C(=O)Nc2cccc(n2)-c2nncn2[C@@H](C)CCCO/C1=N/N=C\C=N. The molecule has 2 N–H and O–H groups in total. The van der Waals surface area contributed by atoms with E-state index in [0.29, 0.717) is 23.9 Å². The first-order valence-electron chi connectivity index (χ1n) is 9.22. The predicted molar refractivity (Wildman–Crippen MR) is 110 cm³/mol. The number of fused-ring (bicyclic) bond motifs is 4. The molecule has 0 saturated carbocycles. The van der Waals surface area contributed by atoms with Gasteiger partial charge in [0.2, 0.25) is 5.90 Å². The van der Waals surface area contributed by atoms with Gasteiger partial charge in [0.15, 0.2) is 5.82 Å². The van der Waals surface area contributed by atoms with Crippen LogP contribution in [-0.4, -0.2) is 50.6 Å². The van der Waals surface area contributed by atoms with Crippen molar-refractivity contribution in [3.05, 3.63) is 36.2 Å². The van der Waals surface area contributed by atoms with Crippen LogP contribution in [0.1, 0.15) is 32.7 Å². The van der Waals surface area contributed by atoms with E-state index in [1.807, 2.05) is 10.6 Å². The second kappa shape index (κ2) is 9.49. The molecule has 0 aromatic carbocycles. The summed E-state index contributed by atoms with van der Waals surface area (Å²) in [5, 5.41) is 25.7. The molecule has 150 valence electrons. The summed E-state index contributed by atoms with van der Waals surface area (Å²) >= 11 is 0. The Labute approximate surface area is 167 Å². The zero-order chi connectivity index (χ0) is 20.6. The van der Waals surface area contributed by atoms with E-state index in [-0.39, 0.29) is 17.5 Å². The van der Waals surface area contributed by atoms with Gasteiger partial charge in [0.25, 0.3) is 5.91 Å². The maximum absolute atomic E-state index is 12.8. The minimum atomic E-state index is -0.423. The molecular formula is C19H22N8O2. The minimum Gasteiger partial charge on any atom is -0.476 e. The first-order chi connectivity index (χ1) is 14.1. The van der Waals surface area contributed by atoms with Crippen LogP contribution in [0.15, 0.2) is 46.4 Å². The average molecular weight is 394 g/mol. The van der Waals surface area contributed by atoms with Crippen LogP contribution >= 0.6 is 0 Å². The topological polar surface area (TPSA) is 131 Å². The molecule has 10 heteroatoms. The third-order valence-electron chi connectivity index (χ3n) is 4.33. The zero-order valence-electron chi connectivity index (χ0n) is 16.2. The maximum atomic E-state index is 12.8. The molecule has 0 radical (unpaired) electrons. The van der Waals surface area contributed by atoms with Gasteiger partial charge in [0.05, 0.1) is 18.4 Å². The minimum absolute atomic E-state index is 0.0916. The second-order valence-electron chi connectivity index (χ2n) is 6.30. The number of aromatic nitrogens is 4. The third kappa shape index (κ3) is 4.78. The highest BCUT2D eigenvalue weighted by molar-refractivity contribution is 6.22. The lowest BCUT2D eigenvalue weighted by Gasteiger charge is -2.17. The van der Waals surface area contributed by atoms with E-state index in [1.54, 1.807) is 31.5 Å². The summed E-state index contributed by atoms with van der Waals surface area (Å²) in [5.41, 5.74) is 0.847. The van der Waals surface area contributed by atoms with Crippen LogP contribution in [0.3, 0.4) is 0 Å². The monoisotopic (exact) mass is 394 g/mol. The van der Waals surface area contributed by atoms with Gasteiger partial charge in [-0.25, -0.2) is 4.98 Å². The number of amides is 1. The number of nitrogens with one attached hydrogen (secondary N) is 2.